The standard InChI is InChI=1S/C19H14O3/c1-11-7-8-14-15(10-18(20)22-19(14)12(11)2)17-9-13-5-3-4-6-16(13)21-17/h3-10H,1-2H3. The third-order valence-corrected chi connectivity index (χ3v) is 4.12. The van der Waals surface area contributed by atoms with Crippen LogP contribution in [0, 0.1) is 13.8 Å². The maximum atomic E-state index is 11.9. The van der Waals surface area contributed by atoms with Crippen molar-refractivity contribution in [1.82, 2.24) is 0 Å². The molecule has 3 heteroatoms. The van der Waals surface area contributed by atoms with Gasteiger partial charge in [-0.25, -0.2) is 4.79 Å². The van der Waals surface area contributed by atoms with Crippen molar-refractivity contribution in [3.63, 3.8) is 0 Å². The average molecular weight is 290 g/mol. The van der Waals surface area contributed by atoms with Gasteiger partial charge in [0.25, 0.3) is 0 Å². The van der Waals surface area contributed by atoms with Gasteiger partial charge in [0, 0.05) is 22.4 Å². The molecule has 4 rings (SSSR count). The molecule has 3 nitrogen and oxygen atoms in total. The summed E-state index contributed by atoms with van der Waals surface area (Å²) >= 11 is 0. The van der Waals surface area contributed by atoms with Crippen LogP contribution < -0.4 is 5.63 Å². The summed E-state index contributed by atoms with van der Waals surface area (Å²) in [5.74, 6) is 0.683. The second-order valence-electron chi connectivity index (χ2n) is 5.51. The van der Waals surface area contributed by atoms with Gasteiger partial charge in [0.2, 0.25) is 0 Å². The number of hydrogen-bond acceptors (Lipinski definition) is 3. The topological polar surface area (TPSA) is 43.4 Å². The van der Waals surface area contributed by atoms with Gasteiger partial charge in [-0.15, -0.1) is 0 Å². The van der Waals surface area contributed by atoms with E-state index in [0.29, 0.717) is 11.3 Å². The van der Waals surface area contributed by atoms with Crippen LogP contribution in [0.2, 0.25) is 0 Å². The largest absolute Gasteiger partial charge is 0.456 e. The van der Waals surface area contributed by atoms with Gasteiger partial charge in [-0.2, -0.15) is 0 Å². The van der Waals surface area contributed by atoms with Crippen molar-refractivity contribution < 1.29 is 8.83 Å². The van der Waals surface area contributed by atoms with Crippen molar-refractivity contribution in [2.75, 3.05) is 0 Å². The third kappa shape index (κ3) is 1.86. The molecule has 0 radical (unpaired) electrons. The molecule has 0 bridgehead atoms. The minimum atomic E-state index is -0.364. The number of furan rings is 1. The van der Waals surface area contributed by atoms with Gasteiger partial charge in [-0.3, -0.25) is 0 Å². The summed E-state index contributed by atoms with van der Waals surface area (Å²) in [7, 11) is 0. The van der Waals surface area contributed by atoms with Crippen molar-refractivity contribution in [1.29, 1.82) is 0 Å². The summed E-state index contributed by atoms with van der Waals surface area (Å²) < 4.78 is 11.3. The Morgan fingerprint density at radius 2 is 1.73 bits per heavy atom. The van der Waals surface area contributed by atoms with E-state index >= 15 is 0 Å². The fourth-order valence-corrected chi connectivity index (χ4v) is 2.78. The Kier molecular flexibility index (Phi) is 2.70. The zero-order chi connectivity index (χ0) is 15.3. The molecule has 0 aliphatic heterocycles. The maximum absolute atomic E-state index is 11.9. The molecule has 108 valence electrons. The Hall–Kier alpha value is -2.81. The minimum Gasteiger partial charge on any atom is -0.456 e. The zero-order valence-electron chi connectivity index (χ0n) is 12.3. The Labute approximate surface area is 126 Å². The molecule has 2 heterocycles. The molecule has 2 aromatic heterocycles. The summed E-state index contributed by atoms with van der Waals surface area (Å²) in [6, 6.07) is 15.3. The second kappa shape index (κ2) is 4.60. The van der Waals surface area contributed by atoms with E-state index in [1.54, 1.807) is 0 Å². The summed E-state index contributed by atoms with van der Waals surface area (Å²) in [5, 5.41) is 1.91. The van der Waals surface area contributed by atoms with Crippen LogP contribution in [-0.4, -0.2) is 0 Å². The monoisotopic (exact) mass is 290 g/mol. The molecule has 0 saturated carbocycles. The molecule has 0 unspecified atom stereocenters. The van der Waals surface area contributed by atoms with Crippen LogP contribution in [0.1, 0.15) is 11.1 Å². The van der Waals surface area contributed by atoms with Gasteiger partial charge in [0.15, 0.2) is 0 Å². The van der Waals surface area contributed by atoms with E-state index < -0.39 is 0 Å². The highest BCUT2D eigenvalue weighted by atomic mass is 16.4. The summed E-state index contributed by atoms with van der Waals surface area (Å²) in [6.45, 7) is 3.96. The first-order chi connectivity index (χ1) is 10.6. The highest BCUT2D eigenvalue weighted by molar-refractivity contribution is 5.96. The van der Waals surface area contributed by atoms with Gasteiger partial charge in [-0.1, -0.05) is 30.3 Å². The first kappa shape index (κ1) is 12.9. The smallest absolute Gasteiger partial charge is 0.336 e. The van der Waals surface area contributed by atoms with E-state index in [9.17, 15) is 4.79 Å². The van der Waals surface area contributed by atoms with Crippen LogP contribution in [0.4, 0.5) is 0 Å². The van der Waals surface area contributed by atoms with Crippen LogP contribution >= 0.6 is 0 Å². The number of aryl methyl sites for hydroxylation is 2. The maximum Gasteiger partial charge on any atom is 0.336 e. The molecule has 22 heavy (non-hydrogen) atoms. The lowest BCUT2D eigenvalue weighted by Crippen LogP contribution is -1.99. The van der Waals surface area contributed by atoms with Crippen molar-refractivity contribution in [2.45, 2.75) is 13.8 Å². The lowest BCUT2D eigenvalue weighted by molar-refractivity contribution is 0.557. The van der Waals surface area contributed by atoms with Crippen LogP contribution in [0.5, 0.6) is 0 Å². The predicted octanol–water partition coefficient (Wildman–Crippen LogP) is 4.82. The Bertz CT molecular complexity index is 1030. The number of benzene rings is 2. The SMILES string of the molecule is Cc1ccc2c(-c3cc4ccccc4o3)cc(=O)oc2c1C. The zero-order valence-corrected chi connectivity index (χ0v) is 12.3. The van der Waals surface area contributed by atoms with E-state index in [1.807, 2.05) is 56.3 Å². The summed E-state index contributed by atoms with van der Waals surface area (Å²) in [5.41, 5.74) is 3.91. The highest BCUT2D eigenvalue weighted by Gasteiger charge is 2.14. The van der Waals surface area contributed by atoms with Crippen LogP contribution in [-0.2, 0) is 0 Å². The number of fused-ring (bicyclic) bond motifs is 2. The molecule has 2 aromatic carbocycles. The Balaban J connectivity index is 2.10. The van der Waals surface area contributed by atoms with E-state index in [4.69, 9.17) is 8.83 Å². The quantitative estimate of drug-likeness (QED) is 0.472. The molecule has 0 aliphatic carbocycles. The first-order valence-electron chi connectivity index (χ1n) is 7.16. The molecule has 0 fully saturated rings. The predicted molar refractivity (Wildman–Crippen MR) is 87.2 cm³/mol. The van der Waals surface area contributed by atoms with Crippen molar-refractivity contribution >= 4 is 21.9 Å². The van der Waals surface area contributed by atoms with Gasteiger partial charge < -0.3 is 8.83 Å². The second-order valence-corrected chi connectivity index (χ2v) is 5.51. The van der Waals surface area contributed by atoms with Crippen LogP contribution in [0.15, 0.2) is 62.2 Å². The van der Waals surface area contributed by atoms with Gasteiger partial charge in [0.1, 0.15) is 16.9 Å². The summed E-state index contributed by atoms with van der Waals surface area (Å²) in [4.78, 5) is 11.9. The fraction of sp³-hybridized carbons (Fsp3) is 0.105. The fourth-order valence-electron chi connectivity index (χ4n) is 2.78. The first-order valence-corrected chi connectivity index (χ1v) is 7.16. The van der Waals surface area contributed by atoms with E-state index in [2.05, 4.69) is 0 Å². The number of para-hydroxylation sites is 1. The molecule has 0 spiro atoms. The normalized spacial score (nSPS) is 11.4. The number of rotatable bonds is 1. The van der Waals surface area contributed by atoms with E-state index in [1.165, 1.54) is 6.07 Å². The Morgan fingerprint density at radius 1 is 0.909 bits per heavy atom. The summed E-state index contributed by atoms with van der Waals surface area (Å²) in [6.07, 6.45) is 0. The lowest BCUT2D eigenvalue weighted by Gasteiger charge is -2.07. The van der Waals surface area contributed by atoms with E-state index in [0.717, 1.165) is 33.0 Å². The molecule has 0 N–H and O–H groups in total. The Morgan fingerprint density at radius 3 is 2.55 bits per heavy atom. The lowest BCUT2D eigenvalue weighted by atomic mass is 10.0. The van der Waals surface area contributed by atoms with Crippen molar-refractivity contribution in [3.8, 4) is 11.3 Å². The minimum absolute atomic E-state index is 0.364. The molecular weight excluding hydrogens is 276 g/mol. The van der Waals surface area contributed by atoms with Gasteiger partial charge in [-0.05, 0) is 37.1 Å². The average Bonchev–Trinajstić information content (AvgIpc) is 2.94. The molecular formula is C19H14O3. The van der Waals surface area contributed by atoms with Crippen LogP contribution in [0.3, 0.4) is 0 Å². The molecule has 0 aliphatic rings. The van der Waals surface area contributed by atoms with Crippen molar-refractivity contribution in [2.24, 2.45) is 0 Å². The van der Waals surface area contributed by atoms with Gasteiger partial charge >= 0.3 is 5.63 Å². The molecule has 0 amide bonds. The van der Waals surface area contributed by atoms with Gasteiger partial charge in [0.05, 0.1) is 0 Å². The van der Waals surface area contributed by atoms with E-state index in [-0.39, 0.29) is 5.63 Å². The molecule has 0 atom stereocenters. The molecule has 4 aromatic rings. The van der Waals surface area contributed by atoms with Crippen LogP contribution in [0.25, 0.3) is 33.3 Å². The third-order valence-electron chi connectivity index (χ3n) is 4.12. The highest BCUT2D eigenvalue weighted by Crippen LogP contribution is 2.33. The molecule has 0 saturated heterocycles. The van der Waals surface area contributed by atoms with Crippen molar-refractivity contribution in [3.05, 3.63) is 70.1 Å². The number of hydrogen-bond donors (Lipinski definition) is 0.